The van der Waals surface area contributed by atoms with Crippen molar-refractivity contribution in [1.29, 1.82) is 0 Å². The van der Waals surface area contributed by atoms with E-state index >= 15 is 0 Å². The van der Waals surface area contributed by atoms with Crippen molar-refractivity contribution >= 4 is 33.6 Å². The molecule has 0 aliphatic carbocycles. The number of fused-ring (bicyclic) bond motifs is 3. The molecule has 4 heteroatoms. The number of carbonyl (C=O) groups excluding carboxylic acids is 1. The summed E-state index contributed by atoms with van der Waals surface area (Å²) in [5, 5.41) is 10.6. The van der Waals surface area contributed by atoms with Gasteiger partial charge in [-0.1, -0.05) is 18.2 Å². The van der Waals surface area contributed by atoms with Crippen LogP contribution in [0, 0.1) is 0 Å². The number of rotatable bonds is 2. The van der Waals surface area contributed by atoms with E-state index in [1.54, 1.807) is 12.1 Å². The lowest BCUT2D eigenvalue weighted by Crippen LogP contribution is -2.12. The van der Waals surface area contributed by atoms with Crippen molar-refractivity contribution in [3.8, 4) is 0 Å². The molecule has 3 rings (SSSR count). The van der Waals surface area contributed by atoms with E-state index in [9.17, 15) is 9.59 Å². The lowest BCUT2D eigenvalue weighted by molar-refractivity contribution is -0.131. The van der Waals surface area contributed by atoms with Crippen LogP contribution < -0.4 is 0 Å². The third kappa shape index (κ3) is 1.47. The lowest BCUT2D eigenvalue weighted by atomic mass is 10.1. The molecule has 2 N–H and O–H groups in total. The van der Waals surface area contributed by atoms with Gasteiger partial charge in [0.1, 0.15) is 0 Å². The predicted octanol–water partition coefficient (Wildman–Crippen LogP) is 2.59. The number of nitrogens with one attached hydrogen (secondary N) is 1. The number of carboxylic acids is 1. The maximum Gasteiger partial charge on any atom is 0.377 e. The van der Waals surface area contributed by atoms with E-state index in [1.807, 2.05) is 24.3 Å². The van der Waals surface area contributed by atoms with Crippen LogP contribution >= 0.6 is 0 Å². The van der Waals surface area contributed by atoms with Crippen LogP contribution in [0.3, 0.4) is 0 Å². The van der Waals surface area contributed by atoms with Crippen molar-refractivity contribution in [3.05, 3.63) is 48.0 Å². The minimum Gasteiger partial charge on any atom is -0.475 e. The van der Waals surface area contributed by atoms with Crippen LogP contribution in [0.4, 0.5) is 0 Å². The van der Waals surface area contributed by atoms with Crippen LogP contribution in [0.15, 0.2) is 42.5 Å². The van der Waals surface area contributed by atoms with Gasteiger partial charge < -0.3 is 10.1 Å². The number of H-pyrrole nitrogens is 1. The molecule has 4 nitrogen and oxygen atoms in total. The highest BCUT2D eigenvalue weighted by atomic mass is 16.4. The minimum absolute atomic E-state index is 0.194. The van der Waals surface area contributed by atoms with Gasteiger partial charge in [0.2, 0.25) is 0 Å². The second-order valence-electron chi connectivity index (χ2n) is 4.07. The summed E-state index contributed by atoms with van der Waals surface area (Å²) in [7, 11) is 0. The second-order valence-corrected chi connectivity index (χ2v) is 4.07. The highest BCUT2D eigenvalue weighted by Gasteiger charge is 2.15. The zero-order chi connectivity index (χ0) is 12.7. The summed E-state index contributed by atoms with van der Waals surface area (Å²) in [4.78, 5) is 25.3. The molecule has 2 aromatic carbocycles. The van der Waals surface area contributed by atoms with Crippen LogP contribution in [-0.4, -0.2) is 21.8 Å². The first kappa shape index (κ1) is 10.5. The molecular weight excluding hydrogens is 230 g/mol. The zero-order valence-corrected chi connectivity index (χ0v) is 9.31. The summed E-state index contributed by atoms with van der Waals surface area (Å²) in [6.45, 7) is 0. The number of aromatic nitrogens is 1. The van der Waals surface area contributed by atoms with E-state index in [0.29, 0.717) is 0 Å². The standard InChI is InChI=1S/C14H9NO3/c16-13(14(17)18)8-5-6-12-10(7-8)9-3-1-2-4-11(9)15-12/h1-7,15H,(H,17,18). The number of ketones is 1. The molecule has 0 radical (unpaired) electrons. The lowest BCUT2D eigenvalue weighted by Gasteiger charge is -1.96. The number of aromatic amines is 1. The normalized spacial score (nSPS) is 10.9. The van der Waals surface area contributed by atoms with Gasteiger partial charge in [-0.15, -0.1) is 0 Å². The number of carbonyl (C=O) groups is 2. The van der Waals surface area contributed by atoms with Gasteiger partial charge in [-0.05, 0) is 24.3 Å². The molecule has 88 valence electrons. The Labute approximate surface area is 102 Å². The summed E-state index contributed by atoms with van der Waals surface area (Å²) in [6.07, 6.45) is 0. The first-order valence-electron chi connectivity index (χ1n) is 5.45. The summed E-state index contributed by atoms with van der Waals surface area (Å²) < 4.78 is 0. The molecule has 18 heavy (non-hydrogen) atoms. The maximum atomic E-state index is 11.4. The Morgan fingerprint density at radius 1 is 0.944 bits per heavy atom. The predicted molar refractivity (Wildman–Crippen MR) is 67.8 cm³/mol. The number of hydrogen-bond acceptors (Lipinski definition) is 2. The van der Waals surface area contributed by atoms with E-state index in [4.69, 9.17) is 5.11 Å². The molecule has 0 bridgehead atoms. The SMILES string of the molecule is O=C(O)C(=O)c1ccc2[nH]c3ccccc3c2c1. The highest BCUT2D eigenvalue weighted by molar-refractivity contribution is 6.40. The van der Waals surface area contributed by atoms with E-state index in [0.717, 1.165) is 21.8 Å². The first-order chi connectivity index (χ1) is 8.66. The maximum absolute atomic E-state index is 11.4. The molecule has 1 heterocycles. The van der Waals surface area contributed by atoms with E-state index in [1.165, 1.54) is 6.07 Å². The van der Waals surface area contributed by atoms with Crippen molar-refractivity contribution in [1.82, 2.24) is 4.98 Å². The molecule has 0 aliphatic rings. The van der Waals surface area contributed by atoms with Crippen molar-refractivity contribution < 1.29 is 14.7 Å². The Balaban J connectivity index is 2.31. The number of Topliss-reactive ketones (excluding diaryl/α,β-unsaturated/α-hetero) is 1. The molecule has 0 amide bonds. The van der Waals surface area contributed by atoms with Crippen LogP contribution in [0.2, 0.25) is 0 Å². The fraction of sp³-hybridized carbons (Fsp3) is 0. The van der Waals surface area contributed by atoms with Crippen molar-refractivity contribution in [2.75, 3.05) is 0 Å². The third-order valence-corrected chi connectivity index (χ3v) is 2.96. The minimum atomic E-state index is -1.44. The monoisotopic (exact) mass is 239 g/mol. The Morgan fingerprint density at radius 3 is 2.44 bits per heavy atom. The molecule has 0 atom stereocenters. The fourth-order valence-electron chi connectivity index (χ4n) is 2.11. The van der Waals surface area contributed by atoms with E-state index in [2.05, 4.69) is 4.98 Å². The average molecular weight is 239 g/mol. The highest BCUT2D eigenvalue weighted by Crippen LogP contribution is 2.26. The average Bonchev–Trinajstić information content (AvgIpc) is 2.75. The molecule has 0 spiro atoms. The summed E-state index contributed by atoms with van der Waals surface area (Å²) in [6, 6.07) is 12.6. The van der Waals surface area contributed by atoms with Gasteiger partial charge in [-0.3, -0.25) is 4.79 Å². The van der Waals surface area contributed by atoms with Gasteiger partial charge in [0.25, 0.3) is 5.78 Å². The van der Waals surface area contributed by atoms with Gasteiger partial charge in [0, 0.05) is 27.4 Å². The topological polar surface area (TPSA) is 70.2 Å². The Hall–Kier alpha value is -2.62. The van der Waals surface area contributed by atoms with E-state index < -0.39 is 11.8 Å². The number of para-hydroxylation sites is 1. The van der Waals surface area contributed by atoms with Crippen molar-refractivity contribution in [3.63, 3.8) is 0 Å². The Morgan fingerprint density at radius 2 is 1.67 bits per heavy atom. The molecule has 0 saturated carbocycles. The number of aliphatic carboxylic acids is 1. The zero-order valence-electron chi connectivity index (χ0n) is 9.31. The van der Waals surface area contributed by atoms with Crippen LogP contribution in [0.5, 0.6) is 0 Å². The summed E-state index contributed by atoms with van der Waals surface area (Å²) in [5.41, 5.74) is 2.05. The van der Waals surface area contributed by atoms with Crippen molar-refractivity contribution in [2.45, 2.75) is 0 Å². The number of hydrogen-bond donors (Lipinski definition) is 2. The largest absolute Gasteiger partial charge is 0.475 e. The van der Waals surface area contributed by atoms with Gasteiger partial charge in [0.05, 0.1) is 0 Å². The van der Waals surface area contributed by atoms with Crippen molar-refractivity contribution in [2.24, 2.45) is 0 Å². The third-order valence-electron chi connectivity index (χ3n) is 2.96. The fourth-order valence-corrected chi connectivity index (χ4v) is 2.11. The first-order valence-corrected chi connectivity index (χ1v) is 5.45. The van der Waals surface area contributed by atoms with Gasteiger partial charge in [-0.25, -0.2) is 4.79 Å². The summed E-state index contributed by atoms with van der Waals surface area (Å²) in [5.74, 6) is -2.32. The molecule has 0 saturated heterocycles. The number of carboxylic acid groups (broad SMARTS) is 1. The van der Waals surface area contributed by atoms with E-state index in [-0.39, 0.29) is 5.56 Å². The quantitative estimate of drug-likeness (QED) is 0.533. The van der Waals surface area contributed by atoms with Gasteiger partial charge in [0.15, 0.2) is 0 Å². The number of benzene rings is 2. The molecule has 0 unspecified atom stereocenters. The van der Waals surface area contributed by atoms with Crippen LogP contribution in [0.25, 0.3) is 21.8 Å². The summed E-state index contributed by atoms with van der Waals surface area (Å²) >= 11 is 0. The van der Waals surface area contributed by atoms with Crippen LogP contribution in [-0.2, 0) is 4.79 Å². The van der Waals surface area contributed by atoms with Crippen LogP contribution in [0.1, 0.15) is 10.4 Å². The Bertz CT molecular complexity index is 786. The molecule has 0 fully saturated rings. The van der Waals surface area contributed by atoms with Gasteiger partial charge in [-0.2, -0.15) is 0 Å². The molecule has 0 aliphatic heterocycles. The smallest absolute Gasteiger partial charge is 0.377 e. The molecule has 1 aromatic heterocycles. The van der Waals surface area contributed by atoms with Gasteiger partial charge >= 0.3 is 5.97 Å². The Kier molecular flexibility index (Phi) is 2.16. The molecule has 3 aromatic rings. The second kappa shape index (κ2) is 3.70. The molecular formula is C14H9NO3.